The molecule has 0 bridgehead atoms. The number of hydrogen-bond acceptors (Lipinski definition) is 4. The van der Waals surface area contributed by atoms with Gasteiger partial charge in [0.15, 0.2) is 5.69 Å². The van der Waals surface area contributed by atoms with Gasteiger partial charge >= 0.3 is 0 Å². The van der Waals surface area contributed by atoms with E-state index in [1.165, 1.54) is 4.68 Å². The number of hydrogen-bond donors (Lipinski definition) is 1. The molecular weight excluding hydrogens is 462 g/mol. The second kappa shape index (κ2) is 10.0. The highest BCUT2D eigenvalue weighted by molar-refractivity contribution is 6.30. The summed E-state index contributed by atoms with van der Waals surface area (Å²) >= 11 is 6.11. The number of carbonyl (C=O) groups is 1. The number of aromatic nitrogens is 2. The molecule has 7 heteroatoms. The van der Waals surface area contributed by atoms with E-state index in [0.717, 1.165) is 24.0 Å². The number of nitrogens with one attached hydrogen (secondary N) is 1. The maximum absolute atomic E-state index is 13.5. The Morgan fingerprint density at radius 2 is 1.60 bits per heavy atom. The first kappa shape index (κ1) is 23.3. The van der Waals surface area contributed by atoms with Crippen LogP contribution >= 0.6 is 11.6 Å². The van der Waals surface area contributed by atoms with Gasteiger partial charge in [-0.15, -0.1) is 0 Å². The molecule has 5 rings (SSSR count). The lowest BCUT2D eigenvalue weighted by Crippen LogP contribution is -2.45. The molecule has 6 nitrogen and oxygen atoms in total. The van der Waals surface area contributed by atoms with Gasteiger partial charge in [-0.2, -0.15) is 5.10 Å². The lowest BCUT2D eigenvalue weighted by molar-refractivity contribution is 0.0486. The van der Waals surface area contributed by atoms with Crippen LogP contribution in [0.5, 0.6) is 0 Å². The second-order valence-corrected chi connectivity index (χ2v) is 9.36. The zero-order valence-corrected chi connectivity index (χ0v) is 20.0. The summed E-state index contributed by atoms with van der Waals surface area (Å²) in [5, 5.41) is 9.34. The summed E-state index contributed by atoms with van der Waals surface area (Å²) in [5.74, 6) is -0.303. The standard InChI is InChI=1S/C28H26ClN3O3/c29-22-12-10-21(11-13-22)28(14-16-35-17-15-28)19-30-26(33)25-23-8-4-5-9-24(23)27(34)32(31-25)18-20-6-2-1-3-7-20/h1-13H,14-19H2,(H,30,33). The topological polar surface area (TPSA) is 73.2 Å². The minimum atomic E-state index is -0.303. The van der Waals surface area contributed by atoms with Crippen LogP contribution in [0.25, 0.3) is 10.8 Å². The second-order valence-electron chi connectivity index (χ2n) is 8.92. The Labute approximate surface area is 208 Å². The van der Waals surface area contributed by atoms with Crippen molar-refractivity contribution in [3.63, 3.8) is 0 Å². The molecule has 0 spiro atoms. The number of ether oxygens (including phenoxy) is 1. The molecular formula is C28H26ClN3O3. The number of amides is 1. The van der Waals surface area contributed by atoms with Crippen LogP contribution in [0.15, 0.2) is 83.7 Å². The SMILES string of the molecule is O=C(NCC1(c2ccc(Cl)cc2)CCOCC1)c1nn(Cc2ccccc2)c(=O)c2ccccc12. The highest BCUT2D eigenvalue weighted by atomic mass is 35.5. The average Bonchev–Trinajstić information content (AvgIpc) is 2.90. The molecule has 178 valence electrons. The molecule has 1 aromatic heterocycles. The van der Waals surface area contributed by atoms with Gasteiger partial charge in [0.25, 0.3) is 11.5 Å². The molecule has 1 aliphatic heterocycles. The molecule has 0 aliphatic carbocycles. The van der Waals surface area contributed by atoms with Gasteiger partial charge in [-0.1, -0.05) is 72.3 Å². The van der Waals surface area contributed by atoms with E-state index in [0.29, 0.717) is 35.6 Å². The normalized spacial score (nSPS) is 15.1. The molecule has 1 fully saturated rings. The zero-order chi connectivity index (χ0) is 24.3. The number of halogens is 1. The lowest BCUT2D eigenvalue weighted by atomic mass is 9.74. The predicted molar refractivity (Wildman–Crippen MR) is 137 cm³/mol. The van der Waals surface area contributed by atoms with E-state index in [-0.39, 0.29) is 29.1 Å². The van der Waals surface area contributed by atoms with Crippen LogP contribution in [-0.2, 0) is 16.7 Å². The van der Waals surface area contributed by atoms with Crippen LogP contribution in [0, 0.1) is 0 Å². The molecule has 0 saturated carbocycles. The molecule has 1 N–H and O–H groups in total. The zero-order valence-electron chi connectivity index (χ0n) is 19.2. The Hall–Kier alpha value is -3.48. The smallest absolute Gasteiger partial charge is 0.274 e. The highest BCUT2D eigenvalue weighted by Crippen LogP contribution is 2.35. The number of benzene rings is 3. The molecule has 1 aliphatic rings. The third-order valence-corrected chi connectivity index (χ3v) is 7.00. The van der Waals surface area contributed by atoms with Crippen molar-refractivity contribution in [1.29, 1.82) is 0 Å². The van der Waals surface area contributed by atoms with Crippen LogP contribution in [0.4, 0.5) is 0 Å². The third kappa shape index (κ3) is 4.85. The quantitative estimate of drug-likeness (QED) is 0.432. The Kier molecular flexibility index (Phi) is 6.66. The summed E-state index contributed by atoms with van der Waals surface area (Å²) in [6, 6.07) is 24.6. The molecule has 35 heavy (non-hydrogen) atoms. The van der Waals surface area contributed by atoms with Gasteiger partial charge < -0.3 is 10.1 Å². The fourth-order valence-electron chi connectivity index (χ4n) is 4.73. The van der Waals surface area contributed by atoms with Crippen LogP contribution < -0.4 is 10.9 Å². The molecule has 0 atom stereocenters. The number of nitrogens with zero attached hydrogens (tertiary/aromatic N) is 2. The van der Waals surface area contributed by atoms with E-state index in [4.69, 9.17) is 16.3 Å². The minimum absolute atomic E-state index is 0.219. The van der Waals surface area contributed by atoms with Crippen molar-refractivity contribution in [3.8, 4) is 0 Å². The first-order valence-electron chi connectivity index (χ1n) is 11.7. The maximum atomic E-state index is 13.5. The highest BCUT2D eigenvalue weighted by Gasteiger charge is 2.35. The van der Waals surface area contributed by atoms with Crippen molar-refractivity contribution in [2.75, 3.05) is 19.8 Å². The molecule has 1 saturated heterocycles. The molecule has 0 unspecified atom stereocenters. The van der Waals surface area contributed by atoms with Crippen molar-refractivity contribution in [1.82, 2.24) is 15.1 Å². The first-order chi connectivity index (χ1) is 17.1. The number of carbonyl (C=O) groups excluding carboxylic acids is 1. The van der Waals surface area contributed by atoms with Crippen molar-refractivity contribution in [2.45, 2.75) is 24.8 Å². The number of fused-ring (bicyclic) bond motifs is 1. The molecule has 2 heterocycles. The summed E-state index contributed by atoms with van der Waals surface area (Å²) in [5.41, 5.74) is 1.83. The minimum Gasteiger partial charge on any atom is -0.381 e. The van der Waals surface area contributed by atoms with E-state index < -0.39 is 0 Å². The van der Waals surface area contributed by atoms with E-state index in [9.17, 15) is 9.59 Å². The van der Waals surface area contributed by atoms with Crippen LogP contribution in [-0.4, -0.2) is 35.4 Å². The fraction of sp³-hybridized carbons (Fsp3) is 0.250. The van der Waals surface area contributed by atoms with Gasteiger partial charge in [0, 0.05) is 35.6 Å². The van der Waals surface area contributed by atoms with Crippen LogP contribution in [0.1, 0.15) is 34.5 Å². The van der Waals surface area contributed by atoms with Gasteiger partial charge in [-0.05, 0) is 42.2 Å². The maximum Gasteiger partial charge on any atom is 0.274 e. The third-order valence-electron chi connectivity index (χ3n) is 6.75. The average molecular weight is 488 g/mol. The van der Waals surface area contributed by atoms with Crippen molar-refractivity contribution in [3.05, 3.63) is 111 Å². The van der Waals surface area contributed by atoms with Gasteiger partial charge in [0.05, 0.1) is 11.9 Å². The first-order valence-corrected chi connectivity index (χ1v) is 12.1. The Morgan fingerprint density at radius 1 is 0.943 bits per heavy atom. The van der Waals surface area contributed by atoms with Gasteiger partial charge in [-0.3, -0.25) is 9.59 Å². The summed E-state index contributed by atoms with van der Waals surface area (Å²) in [6.07, 6.45) is 1.58. The van der Waals surface area contributed by atoms with E-state index in [1.54, 1.807) is 18.2 Å². The molecule has 4 aromatic rings. The Bertz CT molecular complexity index is 1390. The summed E-state index contributed by atoms with van der Waals surface area (Å²) in [4.78, 5) is 26.6. The van der Waals surface area contributed by atoms with Gasteiger partial charge in [0.2, 0.25) is 0 Å². The summed E-state index contributed by atoms with van der Waals surface area (Å²) in [7, 11) is 0. The van der Waals surface area contributed by atoms with E-state index in [2.05, 4.69) is 10.4 Å². The van der Waals surface area contributed by atoms with Gasteiger partial charge in [0.1, 0.15) is 0 Å². The predicted octanol–water partition coefficient (Wildman–Crippen LogP) is 4.58. The monoisotopic (exact) mass is 487 g/mol. The van der Waals surface area contributed by atoms with E-state index in [1.807, 2.05) is 60.7 Å². The van der Waals surface area contributed by atoms with Gasteiger partial charge in [-0.25, -0.2) is 4.68 Å². The Balaban J connectivity index is 1.47. The summed E-state index contributed by atoms with van der Waals surface area (Å²) < 4.78 is 6.99. The lowest BCUT2D eigenvalue weighted by Gasteiger charge is -2.38. The fourth-order valence-corrected chi connectivity index (χ4v) is 4.86. The van der Waals surface area contributed by atoms with Crippen molar-refractivity contribution in [2.24, 2.45) is 0 Å². The number of rotatable bonds is 6. The van der Waals surface area contributed by atoms with Crippen LogP contribution in [0.2, 0.25) is 5.02 Å². The molecule has 3 aromatic carbocycles. The summed E-state index contributed by atoms with van der Waals surface area (Å²) in [6.45, 7) is 1.98. The largest absolute Gasteiger partial charge is 0.381 e. The molecule has 0 radical (unpaired) electrons. The van der Waals surface area contributed by atoms with Crippen molar-refractivity contribution < 1.29 is 9.53 Å². The van der Waals surface area contributed by atoms with E-state index >= 15 is 0 Å². The Morgan fingerprint density at radius 3 is 2.31 bits per heavy atom. The molecule has 1 amide bonds. The van der Waals surface area contributed by atoms with Crippen molar-refractivity contribution >= 4 is 28.3 Å². The van der Waals surface area contributed by atoms with Crippen LogP contribution in [0.3, 0.4) is 0 Å².